The van der Waals surface area contributed by atoms with Gasteiger partial charge in [-0.15, -0.1) is 11.3 Å². The Morgan fingerprint density at radius 2 is 1.96 bits per heavy atom. The second-order valence-electron chi connectivity index (χ2n) is 7.57. The molecule has 0 aliphatic heterocycles. The van der Waals surface area contributed by atoms with Crippen LogP contribution < -0.4 is 0 Å². The van der Waals surface area contributed by atoms with E-state index in [-0.39, 0.29) is 5.04 Å². The van der Waals surface area contributed by atoms with Gasteiger partial charge in [0.1, 0.15) is 0 Å². The summed E-state index contributed by atoms with van der Waals surface area (Å²) >= 11 is 7.61. The standard InChI is InChI=1S/C19H25ClO2SSi/c1-19(2,3)24(4,5)22-13-18-15(11-17(12-21)23-18)9-14-7-6-8-16(20)10-14/h6-8,10-12H,9,13H2,1-5H3. The molecule has 1 aromatic heterocycles. The Morgan fingerprint density at radius 3 is 2.54 bits per heavy atom. The number of benzene rings is 1. The minimum atomic E-state index is -1.82. The van der Waals surface area contributed by atoms with E-state index in [1.54, 1.807) is 0 Å². The molecule has 0 fully saturated rings. The normalized spacial score (nSPS) is 12.4. The summed E-state index contributed by atoms with van der Waals surface area (Å²) in [5, 5.41) is 0.905. The second-order valence-corrected chi connectivity index (χ2v) is 14.0. The van der Waals surface area contributed by atoms with Crippen molar-refractivity contribution in [2.45, 2.75) is 51.9 Å². The van der Waals surface area contributed by atoms with Crippen LogP contribution in [-0.2, 0) is 17.5 Å². The molecule has 0 saturated carbocycles. The molecule has 0 radical (unpaired) electrons. The van der Waals surface area contributed by atoms with Crippen LogP contribution >= 0.6 is 22.9 Å². The lowest BCUT2D eigenvalue weighted by atomic mass is 10.1. The van der Waals surface area contributed by atoms with Crippen LogP contribution in [0.3, 0.4) is 0 Å². The van der Waals surface area contributed by atoms with E-state index in [4.69, 9.17) is 16.0 Å². The zero-order chi connectivity index (χ0) is 18.0. The molecule has 2 nitrogen and oxygen atoms in total. The molecule has 0 saturated heterocycles. The maximum Gasteiger partial charge on any atom is 0.192 e. The summed E-state index contributed by atoms with van der Waals surface area (Å²) < 4.78 is 6.35. The van der Waals surface area contributed by atoms with Gasteiger partial charge in [0.2, 0.25) is 0 Å². The summed E-state index contributed by atoms with van der Waals surface area (Å²) in [5.74, 6) is 0. The van der Waals surface area contributed by atoms with Crippen LogP contribution in [0.4, 0.5) is 0 Å². The highest BCUT2D eigenvalue weighted by Crippen LogP contribution is 2.38. The molecular formula is C19H25ClO2SSi. The highest BCUT2D eigenvalue weighted by molar-refractivity contribution is 7.13. The van der Waals surface area contributed by atoms with Gasteiger partial charge in [-0.25, -0.2) is 0 Å². The van der Waals surface area contributed by atoms with Gasteiger partial charge in [-0.1, -0.05) is 44.5 Å². The van der Waals surface area contributed by atoms with Gasteiger partial charge in [-0.3, -0.25) is 4.79 Å². The van der Waals surface area contributed by atoms with Crippen molar-refractivity contribution in [2.75, 3.05) is 0 Å². The number of carbonyl (C=O) groups excluding carboxylic acids is 1. The fraction of sp³-hybridized carbons (Fsp3) is 0.421. The lowest BCUT2D eigenvalue weighted by molar-refractivity contribution is 0.112. The van der Waals surface area contributed by atoms with Crippen molar-refractivity contribution in [3.63, 3.8) is 0 Å². The first kappa shape index (κ1) is 19.4. The number of carbonyl (C=O) groups is 1. The molecule has 2 aromatic rings. The van der Waals surface area contributed by atoms with Crippen LogP contribution in [0.2, 0.25) is 23.2 Å². The van der Waals surface area contributed by atoms with E-state index in [1.807, 2.05) is 24.3 Å². The summed E-state index contributed by atoms with van der Waals surface area (Å²) in [5.41, 5.74) is 2.30. The van der Waals surface area contributed by atoms with E-state index in [0.717, 1.165) is 38.6 Å². The quantitative estimate of drug-likeness (QED) is 0.432. The predicted octanol–water partition coefficient (Wildman–Crippen LogP) is 6.33. The van der Waals surface area contributed by atoms with Crippen LogP contribution in [0.5, 0.6) is 0 Å². The number of hydrogen-bond donors (Lipinski definition) is 0. The van der Waals surface area contributed by atoms with Crippen LogP contribution in [-0.4, -0.2) is 14.6 Å². The largest absolute Gasteiger partial charge is 0.412 e. The molecule has 1 aromatic carbocycles. The third-order valence-electron chi connectivity index (χ3n) is 4.69. The van der Waals surface area contributed by atoms with Gasteiger partial charge in [0.05, 0.1) is 11.5 Å². The van der Waals surface area contributed by atoms with Gasteiger partial charge in [-0.2, -0.15) is 0 Å². The zero-order valence-corrected chi connectivity index (χ0v) is 17.6. The van der Waals surface area contributed by atoms with Gasteiger partial charge < -0.3 is 4.43 Å². The number of aldehydes is 1. The SMILES string of the molecule is CC(C)(C)[Si](C)(C)OCc1sc(C=O)cc1Cc1cccc(Cl)c1. The number of hydrogen-bond acceptors (Lipinski definition) is 3. The number of thiophene rings is 1. The number of rotatable bonds is 6. The van der Waals surface area contributed by atoms with Crippen molar-refractivity contribution in [3.05, 3.63) is 56.2 Å². The van der Waals surface area contributed by atoms with Crippen LogP contribution in [0, 0.1) is 0 Å². The average molecular weight is 381 g/mol. The summed E-state index contributed by atoms with van der Waals surface area (Å²) in [4.78, 5) is 13.1. The Bertz CT molecular complexity index is 716. The zero-order valence-electron chi connectivity index (χ0n) is 15.0. The molecule has 1 heterocycles. The number of halogens is 1. The molecule has 0 bridgehead atoms. The molecule has 0 unspecified atom stereocenters. The smallest absolute Gasteiger partial charge is 0.192 e. The summed E-state index contributed by atoms with van der Waals surface area (Å²) in [7, 11) is -1.82. The monoisotopic (exact) mass is 380 g/mol. The molecule has 130 valence electrons. The third-order valence-corrected chi connectivity index (χ3v) is 10.5. The van der Waals surface area contributed by atoms with Crippen molar-refractivity contribution in [2.24, 2.45) is 0 Å². The van der Waals surface area contributed by atoms with E-state index in [1.165, 1.54) is 11.3 Å². The Kier molecular flexibility index (Phi) is 6.08. The minimum absolute atomic E-state index is 0.171. The van der Waals surface area contributed by atoms with Crippen molar-refractivity contribution >= 4 is 37.5 Å². The van der Waals surface area contributed by atoms with Crippen molar-refractivity contribution in [1.82, 2.24) is 0 Å². The average Bonchev–Trinajstić information content (AvgIpc) is 2.86. The Balaban J connectivity index is 2.21. The summed E-state index contributed by atoms with van der Waals surface area (Å²) in [6, 6.07) is 9.83. The summed E-state index contributed by atoms with van der Waals surface area (Å²) in [6.07, 6.45) is 1.68. The molecule has 0 spiro atoms. The minimum Gasteiger partial charge on any atom is -0.412 e. The van der Waals surface area contributed by atoms with Gasteiger partial charge >= 0.3 is 0 Å². The highest BCUT2D eigenvalue weighted by Gasteiger charge is 2.37. The molecule has 24 heavy (non-hydrogen) atoms. The maximum atomic E-state index is 11.2. The van der Waals surface area contributed by atoms with Crippen molar-refractivity contribution in [3.8, 4) is 0 Å². The molecule has 0 aliphatic rings. The third kappa shape index (κ3) is 4.79. The first-order valence-corrected chi connectivity index (χ1v) is 12.2. The van der Waals surface area contributed by atoms with Crippen LogP contribution in [0.25, 0.3) is 0 Å². The molecule has 0 N–H and O–H groups in total. The fourth-order valence-electron chi connectivity index (χ4n) is 2.15. The van der Waals surface area contributed by atoms with Gasteiger partial charge in [0.15, 0.2) is 14.6 Å². The lowest BCUT2D eigenvalue weighted by Gasteiger charge is -2.36. The van der Waals surface area contributed by atoms with E-state index in [2.05, 4.69) is 39.9 Å². The topological polar surface area (TPSA) is 26.3 Å². The van der Waals surface area contributed by atoms with E-state index < -0.39 is 8.32 Å². The molecule has 2 rings (SSSR count). The Labute approximate surface area is 154 Å². The molecular weight excluding hydrogens is 356 g/mol. The predicted molar refractivity (Wildman–Crippen MR) is 106 cm³/mol. The van der Waals surface area contributed by atoms with E-state index in [9.17, 15) is 4.79 Å². The first-order chi connectivity index (χ1) is 11.1. The van der Waals surface area contributed by atoms with Crippen LogP contribution in [0.15, 0.2) is 30.3 Å². The molecule has 0 atom stereocenters. The van der Waals surface area contributed by atoms with E-state index >= 15 is 0 Å². The molecule has 0 aliphatic carbocycles. The summed E-state index contributed by atoms with van der Waals surface area (Å²) in [6.45, 7) is 11.8. The first-order valence-electron chi connectivity index (χ1n) is 8.07. The van der Waals surface area contributed by atoms with Crippen molar-refractivity contribution < 1.29 is 9.22 Å². The van der Waals surface area contributed by atoms with E-state index in [0.29, 0.717) is 6.61 Å². The van der Waals surface area contributed by atoms with Gasteiger partial charge in [-0.05, 0) is 53.9 Å². The van der Waals surface area contributed by atoms with Gasteiger partial charge in [0, 0.05) is 9.90 Å². The lowest BCUT2D eigenvalue weighted by Crippen LogP contribution is -2.40. The maximum absolute atomic E-state index is 11.2. The molecule has 5 heteroatoms. The Morgan fingerprint density at radius 1 is 1.25 bits per heavy atom. The second kappa shape index (κ2) is 7.52. The highest BCUT2D eigenvalue weighted by atomic mass is 35.5. The molecule has 0 amide bonds. The van der Waals surface area contributed by atoms with Crippen LogP contribution in [0.1, 0.15) is 46.4 Å². The van der Waals surface area contributed by atoms with Gasteiger partial charge in [0.25, 0.3) is 0 Å². The Hall–Kier alpha value is -0.943. The fourth-order valence-corrected chi connectivity index (χ4v) is 4.32. The van der Waals surface area contributed by atoms with Crippen molar-refractivity contribution in [1.29, 1.82) is 0 Å².